The molecule has 0 amide bonds. The van der Waals surface area contributed by atoms with Crippen molar-refractivity contribution in [3.8, 4) is 5.75 Å². The Hall–Kier alpha value is -2.55. The van der Waals surface area contributed by atoms with Gasteiger partial charge < -0.3 is 10.2 Å². The molecule has 0 bridgehead atoms. The summed E-state index contributed by atoms with van der Waals surface area (Å²) < 4.78 is 0. The topological polar surface area (TPSA) is 57.5 Å². The van der Waals surface area contributed by atoms with E-state index in [1.54, 1.807) is 18.2 Å². The molecule has 0 saturated heterocycles. The summed E-state index contributed by atoms with van der Waals surface area (Å²) in [6.45, 7) is 0. The molecule has 2 aromatic carbocycles. The summed E-state index contributed by atoms with van der Waals surface area (Å²) in [5, 5.41) is 18.4. The Balaban J connectivity index is 2.30. The van der Waals surface area contributed by atoms with Gasteiger partial charge in [-0.3, -0.25) is 0 Å². The molecule has 0 aliphatic carbocycles. The maximum Gasteiger partial charge on any atom is 0.328 e. The second-order valence-electron chi connectivity index (χ2n) is 4.18. The van der Waals surface area contributed by atoms with Crippen LogP contribution in [0.25, 0.3) is 6.08 Å². The fraction of sp³-hybridized carbons (Fsp3) is 0.0625. The van der Waals surface area contributed by atoms with Crippen molar-refractivity contribution in [3.63, 3.8) is 0 Å². The van der Waals surface area contributed by atoms with Crippen LogP contribution in [-0.4, -0.2) is 16.2 Å². The predicted octanol–water partition coefficient (Wildman–Crippen LogP) is 3.08. The van der Waals surface area contributed by atoms with E-state index < -0.39 is 5.97 Å². The summed E-state index contributed by atoms with van der Waals surface area (Å²) in [7, 11) is 0. The highest BCUT2D eigenvalue weighted by atomic mass is 16.4. The van der Waals surface area contributed by atoms with E-state index in [9.17, 15) is 9.90 Å². The van der Waals surface area contributed by atoms with Crippen molar-refractivity contribution < 1.29 is 15.0 Å². The summed E-state index contributed by atoms with van der Waals surface area (Å²) in [5.41, 5.74) is 2.63. The summed E-state index contributed by atoms with van der Waals surface area (Å²) >= 11 is 0. The van der Waals surface area contributed by atoms with Crippen LogP contribution in [0.1, 0.15) is 16.7 Å². The normalized spacial score (nSPS) is 10.7. The van der Waals surface area contributed by atoms with Gasteiger partial charge in [0, 0.05) is 12.5 Å². The number of hydrogen-bond acceptors (Lipinski definition) is 2. The molecule has 3 nitrogen and oxygen atoms in total. The largest absolute Gasteiger partial charge is 0.508 e. The van der Waals surface area contributed by atoms with Crippen LogP contribution < -0.4 is 0 Å². The van der Waals surface area contributed by atoms with Crippen molar-refractivity contribution in [2.24, 2.45) is 0 Å². The van der Waals surface area contributed by atoms with Gasteiger partial charge in [-0.25, -0.2) is 4.79 Å². The first-order valence-corrected chi connectivity index (χ1v) is 5.92. The van der Waals surface area contributed by atoms with Gasteiger partial charge in [-0.05, 0) is 28.8 Å². The zero-order chi connectivity index (χ0) is 13.7. The van der Waals surface area contributed by atoms with E-state index in [4.69, 9.17) is 5.11 Å². The number of hydrogen-bond donors (Lipinski definition) is 2. The van der Waals surface area contributed by atoms with Crippen molar-refractivity contribution in [2.75, 3.05) is 0 Å². The number of phenols is 1. The standard InChI is InChI=1S/C16H14O3/c17-15-8-4-3-7-14(15)11-13-6-2-1-5-12(13)9-10-16(18)19/h1-10,17H,11H2,(H,18,19)/b10-9+. The van der Waals surface area contributed by atoms with E-state index in [1.165, 1.54) is 0 Å². The number of phenolic OH excluding ortho intramolecular Hbond substituents is 1. The third-order valence-electron chi connectivity index (χ3n) is 2.83. The van der Waals surface area contributed by atoms with Gasteiger partial charge in [0.2, 0.25) is 0 Å². The SMILES string of the molecule is O=C(O)/C=C/c1ccccc1Cc1ccccc1O. The van der Waals surface area contributed by atoms with Crippen LogP contribution in [0.5, 0.6) is 5.75 Å². The van der Waals surface area contributed by atoms with Crippen LogP contribution in [0.2, 0.25) is 0 Å². The number of rotatable bonds is 4. The van der Waals surface area contributed by atoms with Crippen LogP contribution >= 0.6 is 0 Å². The minimum Gasteiger partial charge on any atom is -0.508 e. The third-order valence-corrected chi connectivity index (χ3v) is 2.83. The second kappa shape index (κ2) is 5.87. The predicted molar refractivity (Wildman–Crippen MR) is 74.0 cm³/mol. The first-order valence-electron chi connectivity index (χ1n) is 5.92. The summed E-state index contributed by atoms with van der Waals surface area (Å²) in [6.07, 6.45) is 3.24. The van der Waals surface area contributed by atoms with Crippen molar-refractivity contribution in [3.05, 3.63) is 71.3 Å². The molecule has 0 aliphatic heterocycles. The smallest absolute Gasteiger partial charge is 0.328 e. The molecular weight excluding hydrogens is 240 g/mol. The van der Waals surface area contributed by atoms with E-state index in [1.807, 2.05) is 36.4 Å². The monoisotopic (exact) mass is 254 g/mol. The molecule has 0 fully saturated rings. The number of para-hydroxylation sites is 1. The lowest BCUT2D eigenvalue weighted by atomic mass is 9.99. The molecule has 2 aromatic rings. The molecular formula is C16H14O3. The van der Waals surface area contributed by atoms with E-state index in [0.29, 0.717) is 6.42 Å². The molecule has 0 atom stereocenters. The summed E-state index contributed by atoms with van der Waals surface area (Å²) in [4.78, 5) is 10.6. The molecule has 0 unspecified atom stereocenters. The summed E-state index contributed by atoms with van der Waals surface area (Å²) in [5.74, 6) is -0.725. The average molecular weight is 254 g/mol. The maximum atomic E-state index is 10.6. The average Bonchev–Trinajstić information content (AvgIpc) is 2.40. The Morgan fingerprint density at radius 1 is 1.00 bits per heavy atom. The highest BCUT2D eigenvalue weighted by molar-refractivity contribution is 5.85. The number of aliphatic carboxylic acids is 1. The van der Waals surface area contributed by atoms with Crippen LogP contribution in [0, 0.1) is 0 Å². The zero-order valence-electron chi connectivity index (χ0n) is 10.3. The highest BCUT2D eigenvalue weighted by Gasteiger charge is 2.04. The first-order chi connectivity index (χ1) is 9.16. The summed E-state index contributed by atoms with van der Waals surface area (Å²) in [6, 6.07) is 14.7. The fourth-order valence-corrected chi connectivity index (χ4v) is 1.88. The third kappa shape index (κ3) is 3.45. The van der Waals surface area contributed by atoms with Crippen molar-refractivity contribution in [2.45, 2.75) is 6.42 Å². The van der Waals surface area contributed by atoms with Crippen molar-refractivity contribution in [1.29, 1.82) is 0 Å². The van der Waals surface area contributed by atoms with Gasteiger partial charge in [-0.15, -0.1) is 0 Å². The lowest BCUT2D eigenvalue weighted by molar-refractivity contribution is -0.131. The molecule has 19 heavy (non-hydrogen) atoms. The van der Waals surface area contributed by atoms with E-state index in [0.717, 1.165) is 22.8 Å². The van der Waals surface area contributed by atoms with E-state index in [-0.39, 0.29) is 5.75 Å². The molecule has 0 aromatic heterocycles. The number of aromatic hydroxyl groups is 1. The Morgan fingerprint density at radius 3 is 2.32 bits per heavy atom. The van der Waals surface area contributed by atoms with Crippen LogP contribution in [0.15, 0.2) is 54.6 Å². The molecule has 3 heteroatoms. The van der Waals surface area contributed by atoms with Crippen molar-refractivity contribution in [1.82, 2.24) is 0 Å². The first kappa shape index (κ1) is 12.9. The molecule has 0 heterocycles. The van der Waals surface area contributed by atoms with Gasteiger partial charge >= 0.3 is 5.97 Å². The van der Waals surface area contributed by atoms with E-state index in [2.05, 4.69) is 0 Å². The van der Waals surface area contributed by atoms with Gasteiger partial charge in [0.1, 0.15) is 5.75 Å². The Morgan fingerprint density at radius 2 is 1.63 bits per heavy atom. The zero-order valence-corrected chi connectivity index (χ0v) is 10.3. The molecule has 2 rings (SSSR count). The molecule has 0 aliphatic rings. The van der Waals surface area contributed by atoms with Gasteiger partial charge in [0.25, 0.3) is 0 Å². The lowest BCUT2D eigenvalue weighted by Gasteiger charge is -2.07. The molecule has 0 saturated carbocycles. The second-order valence-corrected chi connectivity index (χ2v) is 4.18. The van der Waals surface area contributed by atoms with Gasteiger partial charge in [0.05, 0.1) is 0 Å². The minimum absolute atomic E-state index is 0.250. The minimum atomic E-state index is -0.975. The number of carbonyl (C=O) groups is 1. The maximum absolute atomic E-state index is 10.6. The Labute approximate surface area is 111 Å². The van der Waals surface area contributed by atoms with Crippen molar-refractivity contribution >= 4 is 12.0 Å². The van der Waals surface area contributed by atoms with Gasteiger partial charge in [-0.2, -0.15) is 0 Å². The Kier molecular flexibility index (Phi) is 3.98. The van der Waals surface area contributed by atoms with Gasteiger partial charge in [-0.1, -0.05) is 42.5 Å². The van der Waals surface area contributed by atoms with Crippen LogP contribution in [0.3, 0.4) is 0 Å². The quantitative estimate of drug-likeness (QED) is 0.824. The molecule has 0 spiro atoms. The van der Waals surface area contributed by atoms with Crippen LogP contribution in [-0.2, 0) is 11.2 Å². The number of benzene rings is 2. The number of carboxylic acid groups (broad SMARTS) is 1. The number of carboxylic acids is 1. The van der Waals surface area contributed by atoms with Crippen LogP contribution in [0.4, 0.5) is 0 Å². The van der Waals surface area contributed by atoms with Gasteiger partial charge in [0.15, 0.2) is 0 Å². The highest BCUT2D eigenvalue weighted by Crippen LogP contribution is 2.22. The molecule has 2 N–H and O–H groups in total. The van der Waals surface area contributed by atoms with E-state index >= 15 is 0 Å². The Bertz CT molecular complexity index is 615. The lowest BCUT2D eigenvalue weighted by Crippen LogP contribution is -1.93. The molecule has 0 radical (unpaired) electrons. The fourth-order valence-electron chi connectivity index (χ4n) is 1.88. The molecule has 96 valence electrons.